The minimum absolute atomic E-state index is 0.0599. The topological polar surface area (TPSA) is 46.2 Å². The molecule has 0 radical (unpaired) electrons. The van der Waals surface area contributed by atoms with E-state index in [0.29, 0.717) is 5.33 Å². The predicted molar refractivity (Wildman–Crippen MR) is 60.0 cm³/mol. The van der Waals surface area contributed by atoms with E-state index in [9.17, 15) is 12.8 Å². The predicted octanol–water partition coefficient (Wildman–Crippen LogP) is 1.89. The third-order valence-electron chi connectivity index (χ3n) is 1.69. The Balaban J connectivity index is 2.96. The lowest BCUT2D eigenvalue weighted by atomic mass is 10.4. The molecule has 84 valence electrons. The van der Waals surface area contributed by atoms with Crippen molar-refractivity contribution in [3.05, 3.63) is 30.1 Å². The van der Waals surface area contributed by atoms with Crippen LogP contribution < -0.4 is 4.72 Å². The SMILES string of the molecule is CC(CBr)NS(=O)(=O)c1cccc(F)c1. The molecular formula is C9H11BrFNO2S. The van der Waals surface area contributed by atoms with Crippen LogP contribution in [0.15, 0.2) is 29.2 Å². The van der Waals surface area contributed by atoms with Crippen molar-refractivity contribution < 1.29 is 12.8 Å². The van der Waals surface area contributed by atoms with Crippen LogP contribution in [0.4, 0.5) is 4.39 Å². The van der Waals surface area contributed by atoms with Crippen molar-refractivity contribution in [2.45, 2.75) is 17.9 Å². The van der Waals surface area contributed by atoms with Gasteiger partial charge in [-0.05, 0) is 25.1 Å². The zero-order valence-electron chi connectivity index (χ0n) is 8.07. The number of nitrogens with one attached hydrogen (secondary N) is 1. The van der Waals surface area contributed by atoms with Crippen molar-refractivity contribution in [3.63, 3.8) is 0 Å². The first-order valence-electron chi connectivity index (χ1n) is 4.29. The van der Waals surface area contributed by atoms with Crippen LogP contribution in [0.3, 0.4) is 0 Å². The summed E-state index contributed by atoms with van der Waals surface area (Å²) in [6.07, 6.45) is 0. The summed E-state index contributed by atoms with van der Waals surface area (Å²) in [6.45, 7) is 1.71. The Morgan fingerprint density at radius 3 is 2.73 bits per heavy atom. The normalized spacial score (nSPS) is 13.8. The van der Waals surface area contributed by atoms with Crippen molar-refractivity contribution in [1.82, 2.24) is 4.72 Å². The molecule has 1 atom stereocenters. The van der Waals surface area contributed by atoms with Crippen LogP contribution in [0.25, 0.3) is 0 Å². The van der Waals surface area contributed by atoms with Crippen molar-refractivity contribution in [2.24, 2.45) is 0 Å². The van der Waals surface area contributed by atoms with E-state index in [2.05, 4.69) is 20.7 Å². The molecule has 0 heterocycles. The highest BCUT2D eigenvalue weighted by Gasteiger charge is 2.16. The largest absolute Gasteiger partial charge is 0.240 e. The van der Waals surface area contributed by atoms with Crippen LogP contribution in [0, 0.1) is 5.82 Å². The van der Waals surface area contributed by atoms with Gasteiger partial charge in [-0.2, -0.15) is 0 Å². The van der Waals surface area contributed by atoms with Crippen molar-refractivity contribution in [3.8, 4) is 0 Å². The number of benzene rings is 1. The number of sulfonamides is 1. The van der Waals surface area contributed by atoms with E-state index in [1.807, 2.05) is 0 Å². The molecule has 0 amide bonds. The molecule has 0 aromatic heterocycles. The van der Waals surface area contributed by atoms with E-state index in [-0.39, 0.29) is 10.9 Å². The summed E-state index contributed by atoms with van der Waals surface area (Å²) in [4.78, 5) is -0.0599. The molecule has 1 N–H and O–H groups in total. The van der Waals surface area contributed by atoms with Gasteiger partial charge >= 0.3 is 0 Å². The summed E-state index contributed by atoms with van der Waals surface area (Å²) in [6, 6.07) is 4.67. The van der Waals surface area contributed by atoms with Crippen LogP contribution in [0.5, 0.6) is 0 Å². The Labute approximate surface area is 96.9 Å². The fraction of sp³-hybridized carbons (Fsp3) is 0.333. The molecular weight excluding hydrogens is 285 g/mol. The van der Waals surface area contributed by atoms with Gasteiger partial charge in [-0.3, -0.25) is 0 Å². The number of hydrogen-bond donors (Lipinski definition) is 1. The summed E-state index contributed by atoms with van der Waals surface area (Å²) < 4.78 is 38.5. The van der Waals surface area contributed by atoms with Gasteiger partial charge in [-0.25, -0.2) is 17.5 Å². The summed E-state index contributed by atoms with van der Waals surface area (Å²) in [7, 11) is -3.61. The zero-order chi connectivity index (χ0) is 11.5. The quantitative estimate of drug-likeness (QED) is 0.862. The first-order chi connectivity index (χ1) is 6.95. The van der Waals surface area contributed by atoms with E-state index in [1.165, 1.54) is 18.2 Å². The molecule has 6 heteroatoms. The first kappa shape index (κ1) is 12.6. The Morgan fingerprint density at radius 1 is 1.53 bits per heavy atom. The molecule has 0 spiro atoms. The molecule has 0 aliphatic rings. The number of alkyl halides is 1. The standard InChI is InChI=1S/C9H11BrFNO2S/c1-7(6-10)12-15(13,14)9-4-2-3-8(11)5-9/h2-5,7,12H,6H2,1H3. The smallest absolute Gasteiger partial charge is 0.208 e. The van der Waals surface area contributed by atoms with Crippen LogP contribution >= 0.6 is 15.9 Å². The molecule has 0 aliphatic carbocycles. The van der Waals surface area contributed by atoms with Gasteiger partial charge in [0.2, 0.25) is 10.0 Å². The van der Waals surface area contributed by atoms with Gasteiger partial charge in [0.25, 0.3) is 0 Å². The minimum Gasteiger partial charge on any atom is -0.208 e. The second-order valence-electron chi connectivity index (χ2n) is 3.13. The molecule has 0 bridgehead atoms. The molecule has 3 nitrogen and oxygen atoms in total. The van der Waals surface area contributed by atoms with Gasteiger partial charge in [0.15, 0.2) is 0 Å². The molecule has 1 aromatic carbocycles. The number of hydrogen-bond acceptors (Lipinski definition) is 2. The van der Waals surface area contributed by atoms with Gasteiger partial charge in [0.05, 0.1) is 4.90 Å². The Morgan fingerprint density at radius 2 is 2.20 bits per heavy atom. The average Bonchev–Trinajstić information content (AvgIpc) is 2.17. The fourth-order valence-corrected chi connectivity index (χ4v) is 2.65. The van der Waals surface area contributed by atoms with Crippen LogP contribution in [0.1, 0.15) is 6.92 Å². The van der Waals surface area contributed by atoms with Crippen LogP contribution in [0.2, 0.25) is 0 Å². The number of halogens is 2. The van der Waals surface area contributed by atoms with E-state index in [4.69, 9.17) is 0 Å². The lowest BCUT2D eigenvalue weighted by Crippen LogP contribution is -2.33. The lowest BCUT2D eigenvalue weighted by molar-refractivity contribution is 0.568. The van der Waals surface area contributed by atoms with Gasteiger partial charge in [0, 0.05) is 11.4 Å². The third kappa shape index (κ3) is 3.55. The molecule has 1 rings (SSSR count). The van der Waals surface area contributed by atoms with Crippen molar-refractivity contribution >= 4 is 26.0 Å². The summed E-state index contributed by atoms with van der Waals surface area (Å²) in [5, 5.41) is 0.502. The lowest BCUT2D eigenvalue weighted by Gasteiger charge is -2.11. The Hall–Kier alpha value is -0.460. The third-order valence-corrected chi connectivity index (χ3v) is 4.25. The second kappa shape index (κ2) is 5.05. The van der Waals surface area contributed by atoms with E-state index in [0.717, 1.165) is 6.07 Å². The van der Waals surface area contributed by atoms with Gasteiger partial charge in [0.1, 0.15) is 5.82 Å². The zero-order valence-corrected chi connectivity index (χ0v) is 10.5. The first-order valence-corrected chi connectivity index (χ1v) is 6.90. The monoisotopic (exact) mass is 295 g/mol. The van der Waals surface area contributed by atoms with E-state index < -0.39 is 15.8 Å². The highest BCUT2D eigenvalue weighted by atomic mass is 79.9. The molecule has 0 fully saturated rings. The minimum atomic E-state index is -3.61. The van der Waals surface area contributed by atoms with Crippen LogP contribution in [-0.4, -0.2) is 19.8 Å². The maximum atomic E-state index is 12.8. The summed E-state index contributed by atoms with van der Waals surface area (Å²) in [5.74, 6) is -0.565. The van der Waals surface area contributed by atoms with Crippen molar-refractivity contribution in [1.29, 1.82) is 0 Å². The summed E-state index contributed by atoms with van der Waals surface area (Å²) >= 11 is 3.15. The van der Waals surface area contributed by atoms with Crippen molar-refractivity contribution in [2.75, 3.05) is 5.33 Å². The molecule has 0 saturated carbocycles. The van der Waals surface area contributed by atoms with Gasteiger partial charge < -0.3 is 0 Å². The van der Waals surface area contributed by atoms with Gasteiger partial charge in [-0.15, -0.1) is 0 Å². The van der Waals surface area contributed by atoms with E-state index >= 15 is 0 Å². The second-order valence-corrected chi connectivity index (χ2v) is 5.50. The molecule has 15 heavy (non-hydrogen) atoms. The molecule has 0 saturated heterocycles. The van der Waals surface area contributed by atoms with Crippen LogP contribution in [-0.2, 0) is 10.0 Å². The number of rotatable bonds is 4. The van der Waals surface area contributed by atoms with E-state index in [1.54, 1.807) is 6.92 Å². The molecule has 0 aliphatic heterocycles. The average molecular weight is 296 g/mol. The Bertz CT molecular complexity index is 435. The maximum Gasteiger partial charge on any atom is 0.240 e. The fourth-order valence-electron chi connectivity index (χ4n) is 0.999. The highest BCUT2D eigenvalue weighted by Crippen LogP contribution is 2.11. The maximum absolute atomic E-state index is 12.8. The Kier molecular flexibility index (Phi) is 4.24. The molecule has 1 unspecified atom stereocenters. The molecule has 1 aromatic rings. The van der Waals surface area contributed by atoms with Gasteiger partial charge in [-0.1, -0.05) is 22.0 Å². The highest BCUT2D eigenvalue weighted by molar-refractivity contribution is 9.09. The summed E-state index contributed by atoms with van der Waals surface area (Å²) in [5.41, 5.74) is 0.